The molecule has 1 saturated heterocycles. The van der Waals surface area contributed by atoms with Crippen molar-refractivity contribution in [3.05, 3.63) is 47.2 Å². The highest BCUT2D eigenvalue weighted by atomic mass is 32.2. The summed E-state index contributed by atoms with van der Waals surface area (Å²) in [5.74, 6) is 1.17. The quantitative estimate of drug-likeness (QED) is 0.708. The monoisotopic (exact) mass is 444 g/mol. The number of nitrogens with zero attached hydrogens (tertiary/aromatic N) is 4. The second-order valence-corrected chi connectivity index (χ2v) is 10.6. The Morgan fingerprint density at radius 3 is 2.55 bits per heavy atom. The van der Waals surface area contributed by atoms with Crippen molar-refractivity contribution < 1.29 is 17.6 Å². The fraction of sp³-hybridized carbons (Fsp3) is 0.500. The summed E-state index contributed by atoms with van der Waals surface area (Å²) in [6.45, 7) is 2.89. The van der Waals surface area contributed by atoms with Crippen molar-refractivity contribution in [1.29, 1.82) is 0 Å². The minimum atomic E-state index is -3.83. The van der Waals surface area contributed by atoms with E-state index in [4.69, 9.17) is 4.98 Å². The van der Waals surface area contributed by atoms with Crippen LogP contribution in [0.15, 0.2) is 29.2 Å². The third-order valence-electron chi connectivity index (χ3n) is 6.40. The van der Waals surface area contributed by atoms with Gasteiger partial charge >= 0.3 is 0 Å². The molecule has 31 heavy (non-hydrogen) atoms. The lowest BCUT2D eigenvalue weighted by Gasteiger charge is -2.34. The van der Waals surface area contributed by atoms with E-state index in [0.717, 1.165) is 49.1 Å². The molecule has 1 amide bonds. The second kappa shape index (κ2) is 7.63. The Hall–Kier alpha value is -2.39. The van der Waals surface area contributed by atoms with Crippen molar-refractivity contribution in [2.75, 3.05) is 18.0 Å². The number of anilines is 1. The number of benzene rings is 1. The molecule has 1 aliphatic carbocycles. The predicted molar refractivity (Wildman–Crippen MR) is 112 cm³/mol. The summed E-state index contributed by atoms with van der Waals surface area (Å²) in [5.41, 5.74) is 1.58. The van der Waals surface area contributed by atoms with Crippen LogP contribution in [0.3, 0.4) is 0 Å². The van der Waals surface area contributed by atoms with Crippen LogP contribution >= 0.6 is 0 Å². The highest BCUT2D eigenvalue weighted by Gasteiger charge is 2.39. The lowest BCUT2D eigenvalue weighted by Crippen LogP contribution is -2.39. The number of aryl methyl sites for hydroxylation is 1. The lowest BCUT2D eigenvalue weighted by molar-refractivity contribution is -0.117. The van der Waals surface area contributed by atoms with Crippen molar-refractivity contribution in [2.45, 2.75) is 56.4 Å². The molecule has 5 rings (SSSR count). The fourth-order valence-corrected chi connectivity index (χ4v) is 6.14. The van der Waals surface area contributed by atoms with Gasteiger partial charge in [-0.2, -0.15) is 4.31 Å². The van der Waals surface area contributed by atoms with Crippen LogP contribution in [0.5, 0.6) is 0 Å². The number of halogens is 1. The molecule has 1 atom stereocenters. The molecule has 1 unspecified atom stereocenters. The Balaban J connectivity index is 1.52. The minimum Gasteiger partial charge on any atom is -0.296 e. The van der Waals surface area contributed by atoms with Crippen LogP contribution in [0.4, 0.5) is 10.2 Å². The van der Waals surface area contributed by atoms with Crippen LogP contribution in [-0.4, -0.2) is 41.7 Å². The molecular formula is C22H25FN4O3S. The highest BCUT2D eigenvalue weighted by molar-refractivity contribution is 7.89. The summed E-state index contributed by atoms with van der Waals surface area (Å²) in [5, 5.41) is 0. The van der Waals surface area contributed by atoms with Gasteiger partial charge in [0.15, 0.2) is 0 Å². The number of aromatic nitrogens is 2. The van der Waals surface area contributed by atoms with Crippen molar-refractivity contribution in [3.8, 4) is 0 Å². The van der Waals surface area contributed by atoms with Crippen molar-refractivity contribution in [2.24, 2.45) is 5.92 Å². The molecule has 0 spiro atoms. The van der Waals surface area contributed by atoms with Gasteiger partial charge < -0.3 is 0 Å². The van der Waals surface area contributed by atoms with E-state index in [1.807, 2.05) is 6.92 Å². The SMILES string of the molecule is Cc1nc(C2CCCCN2S(=O)(=O)c2ccc(F)cc2)nc2c1CC(=O)N2CC1CC1. The molecule has 1 aromatic carbocycles. The zero-order valence-corrected chi connectivity index (χ0v) is 18.2. The number of piperidine rings is 1. The topological polar surface area (TPSA) is 83.5 Å². The first-order chi connectivity index (χ1) is 14.8. The maximum Gasteiger partial charge on any atom is 0.243 e. The van der Waals surface area contributed by atoms with E-state index in [0.29, 0.717) is 43.5 Å². The first kappa shape index (κ1) is 20.5. The highest BCUT2D eigenvalue weighted by Crippen LogP contribution is 2.39. The molecule has 0 N–H and O–H groups in total. The van der Waals surface area contributed by atoms with Gasteiger partial charge in [-0.25, -0.2) is 22.8 Å². The summed E-state index contributed by atoms with van der Waals surface area (Å²) in [7, 11) is -3.83. The van der Waals surface area contributed by atoms with Gasteiger partial charge in [0.2, 0.25) is 15.9 Å². The maximum atomic E-state index is 13.4. The minimum absolute atomic E-state index is 0.0379. The van der Waals surface area contributed by atoms with Gasteiger partial charge in [0.25, 0.3) is 0 Å². The van der Waals surface area contributed by atoms with Gasteiger partial charge in [-0.05, 0) is 62.8 Å². The molecule has 9 heteroatoms. The van der Waals surface area contributed by atoms with Gasteiger partial charge in [-0.15, -0.1) is 0 Å². The van der Waals surface area contributed by atoms with E-state index in [1.165, 1.54) is 16.4 Å². The Labute approximate surface area is 181 Å². The second-order valence-electron chi connectivity index (χ2n) is 8.68. The van der Waals surface area contributed by atoms with E-state index in [9.17, 15) is 17.6 Å². The van der Waals surface area contributed by atoms with E-state index in [1.54, 1.807) is 4.90 Å². The van der Waals surface area contributed by atoms with Crippen molar-refractivity contribution in [3.63, 3.8) is 0 Å². The number of hydrogen-bond donors (Lipinski definition) is 0. The van der Waals surface area contributed by atoms with Gasteiger partial charge in [0.05, 0.1) is 17.4 Å². The first-order valence-electron chi connectivity index (χ1n) is 10.8. The summed E-state index contributed by atoms with van der Waals surface area (Å²) in [6.07, 6.45) is 4.77. The Bertz CT molecular complexity index is 1130. The van der Waals surface area contributed by atoms with E-state index in [-0.39, 0.29) is 10.8 Å². The molecular weight excluding hydrogens is 419 g/mol. The number of fused-ring (bicyclic) bond motifs is 1. The van der Waals surface area contributed by atoms with E-state index in [2.05, 4.69) is 4.98 Å². The molecule has 7 nitrogen and oxygen atoms in total. The van der Waals surface area contributed by atoms with E-state index < -0.39 is 21.9 Å². The molecule has 1 saturated carbocycles. The average molecular weight is 445 g/mol. The molecule has 1 aromatic heterocycles. The molecule has 164 valence electrons. The normalized spacial score (nSPS) is 22.1. The molecule has 0 bridgehead atoms. The van der Waals surface area contributed by atoms with Gasteiger partial charge in [0, 0.05) is 24.3 Å². The number of carbonyl (C=O) groups excluding carboxylic acids is 1. The zero-order valence-electron chi connectivity index (χ0n) is 17.4. The summed E-state index contributed by atoms with van der Waals surface area (Å²) in [6, 6.07) is 4.39. The summed E-state index contributed by atoms with van der Waals surface area (Å²) >= 11 is 0. The lowest BCUT2D eigenvalue weighted by atomic mass is 10.0. The number of sulfonamides is 1. The van der Waals surface area contributed by atoms with Crippen LogP contribution < -0.4 is 4.90 Å². The molecule has 2 fully saturated rings. The maximum absolute atomic E-state index is 13.4. The largest absolute Gasteiger partial charge is 0.296 e. The Morgan fingerprint density at radius 1 is 1.10 bits per heavy atom. The third kappa shape index (κ3) is 3.74. The van der Waals surface area contributed by atoms with Crippen LogP contribution in [0.2, 0.25) is 0 Å². The smallest absolute Gasteiger partial charge is 0.243 e. The summed E-state index contributed by atoms with van der Waals surface area (Å²) < 4.78 is 41.5. The third-order valence-corrected chi connectivity index (χ3v) is 8.33. The van der Waals surface area contributed by atoms with Crippen molar-refractivity contribution >= 4 is 21.7 Å². The van der Waals surface area contributed by atoms with Crippen molar-refractivity contribution in [1.82, 2.24) is 14.3 Å². The Morgan fingerprint density at radius 2 is 1.84 bits per heavy atom. The molecule has 3 aliphatic rings. The molecule has 3 heterocycles. The van der Waals surface area contributed by atoms with Crippen LogP contribution in [-0.2, 0) is 21.2 Å². The van der Waals surface area contributed by atoms with Crippen LogP contribution in [0.1, 0.15) is 55.2 Å². The number of hydrogen-bond acceptors (Lipinski definition) is 5. The number of amides is 1. The zero-order chi connectivity index (χ0) is 21.8. The number of rotatable bonds is 5. The average Bonchev–Trinajstić information content (AvgIpc) is 3.52. The fourth-order valence-electron chi connectivity index (χ4n) is 4.49. The van der Waals surface area contributed by atoms with Crippen LogP contribution in [0, 0.1) is 18.7 Å². The molecule has 2 aromatic rings. The number of carbonyl (C=O) groups is 1. The summed E-state index contributed by atoms with van der Waals surface area (Å²) in [4.78, 5) is 23.8. The Kier molecular flexibility index (Phi) is 5.05. The molecule has 0 radical (unpaired) electrons. The predicted octanol–water partition coefficient (Wildman–Crippen LogP) is 3.14. The van der Waals surface area contributed by atoms with Gasteiger partial charge in [-0.3, -0.25) is 9.69 Å². The van der Waals surface area contributed by atoms with Gasteiger partial charge in [-0.1, -0.05) is 6.42 Å². The molecule has 2 aliphatic heterocycles. The van der Waals surface area contributed by atoms with E-state index >= 15 is 0 Å². The van der Waals surface area contributed by atoms with Crippen LogP contribution in [0.25, 0.3) is 0 Å². The standard InChI is InChI=1S/C22H25FN4O3S/c1-14-18-12-20(28)26(13-15-5-6-15)22(18)25-21(24-14)19-4-2-3-11-27(19)31(29,30)17-9-7-16(23)8-10-17/h7-10,15,19H,2-6,11-13H2,1H3. The van der Waals surface area contributed by atoms with Gasteiger partial charge in [0.1, 0.15) is 17.5 Å². The first-order valence-corrected chi connectivity index (χ1v) is 12.2.